The van der Waals surface area contributed by atoms with Gasteiger partial charge < -0.3 is 4.74 Å². The molecule has 4 rings (SSSR count). The van der Waals surface area contributed by atoms with Crippen LogP contribution in [0, 0.1) is 0 Å². The second-order valence-corrected chi connectivity index (χ2v) is 9.16. The third kappa shape index (κ3) is 4.66. The van der Waals surface area contributed by atoms with Crippen molar-refractivity contribution in [2.24, 2.45) is 0 Å². The Bertz CT molecular complexity index is 1270. The third-order valence-electron chi connectivity index (χ3n) is 5.30. The van der Waals surface area contributed by atoms with Crippen LogP contribution in [0.3, 0.4) is 0 Å². The maximum Gasteiger partial charge on any atom is 0.270 e. The normalized spacial score (nSPS) is 11.2. The molecule has 0 unspecified atom stereocenters. The topological polar surface area (TPSA) is 63.7 Å². The summed E-state index contributed by atoms with van der Waals surface area (Å²) in [6.07, 6.45) is 0. The molecule has 0 bridgehead atoms. The van der Waals surface area contributed by atoms with Gasteiger partial charge in [0.15, 0.2) is 0 Å². The Morgan fingerprint density at radius 3 is 1.61 bits per heavy atom. The molecule has 0 aliphatic carbocycles. The van der Waals surface area contributed by atoms with Crippen LogP contribution in [-0.2, 0) is 14.8 Å². The number of methoxy groups -OCH3 is 1. The Morgan fingerprint density at radius 1 is 0.697 bits per heavy atom. The van der Waals surface area contributed by atoms with Crippen LogP contribution < -0.4 is 9.04 Å². The minimum absolute atomic E-state index is 0.0361. The van der Waals surface area contributed by atoms with E-state index in [1.165, 1.54) is 19.2 Å². The number of hydrogen-bond acceptors (Lipinski definition) is 4. The fraction of sp³-hybridized carbons (Fsp3) is 0.0741. The molecule has 4 aromatic carbocycles. The number of nitrogens with zero attached hydrogens (tertiary/aromatic N) is 1. The van der Waals surface area contributed by atoms with Crippen molar-refractivity contribution in [1.82, 2.24) is 0 Å². The molecule has 0 aliphatic heterocycles. The van der Waals surface area contributed by atoms with Gasteiger partial charge in [0, 0.05) is 0 Å². The highest BCUT2D eigenvalue weighted by Crippen LogP contribution is 2.33. The number of rotatable bonds is 7. The Balaban J connectivity index is 1.90. The van der Waals surface area contributed by atoms with Crippen molar-refractivity contribution in [2.75, 3.05) is 11.4 Å². The van der Waals surface area contributed by atoms with E-state index in [9.17, 15) is 13.2 Å². The van der Waals surface area contributed by atoms with E-state index < -0.39 is 21.8 Å². The first-order valence-electron chi connectivity index (χ1n) is 10.4. The molecule has 33 heavy (non-hydrogen) atoms. The lowest BCUT2D eigenvalue weighted by Crippen LogP contribution is -2.40. The summed E-state index contributed by atoms with van der Waals surface area (Å²) in [6.45, 7) is 0. The van der Waals surface area contributed by atoms with E-state index in [2.05, 4.69) is 0 Å². The van der Waals surface area contributed by atoms with Crippen molar-refractivity contribution in [3.8, 4) is 5.75 Å². The van der Waals surface area contributed by atoms with Gasteiger partial charge in [-0.2, -0.15) is 0 Å². The molecule has 5 nitrogen and oxygen atoms in total. The smallest absolute Gasteiger partial charge is 0.270 e. The predicted octanol–water partition coefficient (Wildman–Crippen LogP) is 5.25. The van der Waals surface area contributed by atoms with Gasteiger partial charge in [-0.15, -0.1) is 0 Å². The zero-order valence-electron chi connectivity index (χ0n) is 18.0. The average Bonchev–Trinajstić information content (AvgIpc) is 2.86. The summed E-state index contributed by atoms with van der Waals surface area (Å²) in [5, 5.41) is 0. The number of hydrogen-bond donors (Lipinski definition) is 0. The van der Waals surface area contributed by atoms with Crippen LogP contribution in [-0.4, -0.2) is 21.4 Å². The van der Waals surface area contributed by atoms with Crippen molar-refractivity contribution < 1.29 is 17.9 Å². The quantitative estimate of drug-likeness (QED) is 0.380. The van der Waals surface area contributed by atoms with Gasteiger partial charge in [-0.3, -0.25) is 4.79 Å². The molecular formula is C27H23NO4S. The van der Waals surface area contributed by atoms with Crippen LogP contribution in [0.15, 0.2) is 120 Å². The summed E-state index contributed by atoms with van der Waals surface area (Å²) in [6, 6.07) is 32.8. The Labute approximate surface area is 193 Å². The molecule has 0 saturated carbocycles. The number of sulfonamides is 1. The molecule has 1 amide bonds. The predicted molar refractivity (Wildman–Crippen MR) is 129 cm³/mol. The minimum atomic E-state index is -4.19. The molecule has 0 N–H and O–H groups in total. The first-order valence-corrected chi connectivity index (χ1v) is 11.8. The lowest BCUT2D eigenvalue weighted by Gasteiger charge is -2.28. The third-order valence-corrected chi connectivity index (χ3v) is 7.04. The Hall–Kier alpha value is -3.90. The van der Waals surface area contributed by atoms with E-state index >= 15 is 0 Å². The molecule has 0 atom stereocenters. The number of anilines is 1. The monoisotopic (exact) mass is 457 g/mol. The van der Waals surface area contributed by atoms with E-state index in [1.54, 1.807) is 42.5 Å². The van der Waals surface area contributed by atoms with Gasteiger partial charge in [0.2, 0.25) is 0 Å². The SMILES string of the molecule is COc1ccc(N(C(=O)C(c2ccccc2)c2ccccc2)S(=O)(=O)c2ccccc2)cc1. The van der Waals surface area contributed by atoms with Gasteiger partial charge in [-0.1, -0.05) is 78.9 Å². The molecule has 0 aromatic heterocycles. The van der Waals surface area contributed by atoms with Crippen LogP contribution in [0.1, 0.15) is 17.0 Å². The molecular weight excluding hydrogens is 434 g/mol. The Kier molecular flexibility index (Phi) is 6.56. The molecule has 0 heterocycles. The Morgan fingerprint density at radius 2 is 1.15 bits per heavy atom. The van der Waals surface area contributed by atoms with E-state index in [0.29, 0.717) is 16.9 Å². The van der Waals surface area contributed by atoms with Crippen molar-refractivity contribution in [2.45, 2.75) is 10.8 Å². The van der Waals surface area contributed by atoms with Gasteiger partial charge in [-0.05, 0) is 47.5 Å². The van der Waals surface area contributed by atoms with Crippen molar-refractivity contribution >= 4 is 21.6 Å². The standard InChI is InChI=1S/C27H23NO4S/c1-32-24-19-17-23(18-20-24)28(33(30,31)25-15-9-4-10-16-25)27(29)26(21-11-5-2-6-12-21)22-13-7-3-8-14-22/h2-20,26H,1H3. The lowest BCUT2D eigenvalue weighted by molar-refractivity contribution is -0.118. The second kappa shape index (κ2) is 9.71. The highest BCUT2D eigenvalue weighted by molar-refractivity contribution is 7.93. The summed E-state index contributed by atoms with van der Waals surface area (Å²) in [5.74, 6) is -0.819. The minimum Gasteiger partial charge on any atom is -0.497 e. The van der Waals surface area contributed by atoms with Gasteiger partial charge in [0.05, 0.1) is 23.6 Å². The largest absolute Gasteiger partial charge is 0.497 e. The summed E-state index contributed by atoms with van der Waals surface area (Å²) in [5.41, 5.74) is 1.65. The first kappa shape index (κ1) is 22.3. The number of ether oxygens (including phenoxy) is 1. The number of carbonyl (C=O) groups is 1. The zero-order valence-corrected chi connectivity index (χ0v) is 18.9. The van der Waals surface area contributed by atoms with Crippen LogP contribution >= 0.6 is 0 Å². The number of amides is 1. The molecule has 166 valence electrons. The van der Waals surface area contributed by atoms with Crippen LogP contribution in [0.25, 0.3) is 0 Å². The maximum absolute atomic E-state index is 14.1. The van der Waals surface area contributed by atoms with Crippen LogP contribution in [0.2, 0.25) is 0 Å². The molecule has 0 saturated heterocycles. The van der Waals surface area contributed by atoms with Crippen molar-refractivity contribution in [1.29, 1.82) is 0 Å². The van der Waals surface area contributed by atoms with Gasteiger partial charge in [-0.25, -0.2) is 12.7 Å². The van der Waals surface area contributed by atoms with E-state index in [4.69, 9.17) is 4.74 Å². The molecule has 0 fully saturated rings. The number of benzene rings is 4. The number of carbonyl (C=O) groups excluding carboxylic acids is 1. The lowest BCUT2D eigenvalue weighted by atomic mass is 9.90. The second-order valence-electron chi connectivity index (χ2n) is 7.37. The average molecular weight is 458 g/mol. The molecule has 4 aromatic rings. The highest BCUT2D eigenvalue weighted by Gasteiger charge is 2.36. The van der Waals surface area contributed by atoms with Crippen molar-refractivity contribution in [3.05, 3.63) is 126 Å². The maximum atomic E-state index is 14.1. The van der Waals surface area contributed by atoms with Crippen LogP contribution in [0.4, 0.5) is 5.69 Å². The molecule has 0 radical (unpaired) electrons. The molecule has 6 heteroatoms. The van der Waals surface area contributed by atoms with E-state index in [-0.39, 0.29) is 10.6 Å². The summed E-state index contributed by atoms with van der Waals surface area (Å²) in [7, 11) is -2.66. The molecule has 0 spiro atoms. The fourth-order valence-electron chi connectivity index (χ4n) is 3.69. The van der Waals surface area contributed by atoms with E-state index in [1.807, 2.05) is 60.7 Å². The zero-order chi connectivity index (χ0) is 23.3. The van der Waals surface area contributed by atoms with Crippen molar-refractivity contribution in [3.63, 3.8) is 0 Å². The van der Waals surface area contributed by atoms with E-state index in [0.717, 1.165) is 4.31 Å². The fourth-order valence-corrected chi connectivity index (χ4v) is 5.14. The summed E-state index contributed by atoms with van der Waals surface area (Å²) < 4.78 is 33.6. The van der Waals surface area contributed by atoms with Gasteiger partial charge in [0.25, 0.3) is 15.9 Å². The van der Waals surface area contributed by atoms with Crippen LogP contribution in [0.5, 0.6) is 5.75 Å². The van der Waals surface area contributed by atoms with Gasteiger partial charge >= 0.3 is 0 Å². The summed E-state index contributed by atoms with van der Waals surface area (Å²) in [4.78, 5) is 14.2. The summed E-state index contributed by atoms with van der Waals surface area (Å²) >= 11 is 0. The van der Waals surface area contributed by atoms with Gasteiger partial charge in [0.1, 0.15) is 5.75 Å². The highest BCUT2D eigenvalue weighted by atomic mass is 32.2. The molecule has 0 aliphatic rings. The first-order chi connectivity index (χ1) is 16.0.